The highest BCUT2D eigenvalue weighted by Gasteiger charge is 2.21. The minimum Gasteiger partial charge on any atom is -0.497 e. The molecular weight excluding hydrogens is 428 g/mol. The van der Waals surface area contributed by atoms with Crippen LogP contribution < -0.4 is 15.8 Å². The number of ether oxygens (including phenoxy) is 2. The van der Waals surface area contributed by atoms with Crippen LogP contribution >= 0.6 is 11.6 Å². The maximum absolute atomic E-state index is 6.56. The number of methoxy groups -OCH3 is 1. The standard InChI is InChI=1S/C23H23ClN6O2/c1-31-17-9-7-16(8-10-17)30-21(25)19-20(14-4-2-5-15(24)12-14)27-23(28-22(19)29-30)26-13-18-6-3-11-32-18/h2,4-5,7-10,12,18H,3,6,11,13,25H2,1H3,(H,26,28,29). The predicted molar refractivity (Wildman–Crippen MR) is 126 cm³/mol. The number of nitrogens with two attached hydrogens (primary N) is 1. The second-order valence-electron chi connectivity index (χ2n) is 7.62. The highest BCUT2D eigenvalue weighted by Crippen LogP contribution is 2.34. The number of hydrogen-bond donors (Lipinski definition) is 2. The molecule has 0 saturated carbocycles. The molecule has 2 aromatic carbocycles. The summed E-state index contributed by atoms with van der Waals surface area (Å²) in [6.45, 7) is 1.43. The molecule has 1 atom stereocenters. The van der Waals surface area contributed by atoms with Gasteiger partial charge in [-0.2, -0.15) is 4.98 Å². The lowest BCUT2D eigenvalue weighted by atomic mass is 10.1. The second-order valence-corrected chi connectivity index (χ2v) is 8.05. The third kappa shape index (κ3) is 3.94. The molecule has 0 amide bonds. The zero-order chi connectivity index (χ0) is 22.1. The lowest BCUT2D eigenvalue weighted by molar-refractivity contribution is 0.120. The van der Waals surface area contributed by atoms with Crippen molar-refractivity contribution >= 4 is 34.4 Å². The third-order valence-electron chi connectivity index (χ3n) is 5.50. The van der Waals surface area contributed by atoms with Crippen LogP contribution in [0.4, 0.5) is 11.8 Å². The molecule has 32 heavy (non-hydrogen) atoms. The summed E-state index contributed by atoms with van der Waals surface area (Å²) in [6.07, 6.45) is 2.25. The van der Waals surface area contributed by atoms with E-state index in [-0.39, 0.29) is 6.10 Å². The third-order valence-corrected chi connectivity index (χ3v) is 5.73. The Hall–Kier alpha value is -3.36. The van der Waals surface area contributed by atoms with Gasteiger partial charge in [0, 0.05) is 23.7 Å². The van der Waals surface area contributed by atoms with Crippen LogP contribution in [-0.4, -0.2) is 46.1 Å². The molecule has 1 saturated heterocycles. The fourth-order valence-corrected chi connectivity index (χ4v) is 4.06. The first-order valence-electron chi connectivity index (χ1n) is 10.4. The van der Waals surface area contributed by atoms with E-state index in [9.17, 15) is 0 Å². The first-order chi connectivity index (χ1) is 15.6. The molecular formula is C23H23ClN6O2. The number of nitrogen functional groups attached to an aromatic ring is 1. The van der Waals surface area contributed by atoms with Gasteiger partial charge in [-0.05, 0) is 49.2 Å². The van der Waals surface area contributed by atoms with E-state index in [0.717, 1.165) is 36.4 Å². The van der Waals surface area contributed by atoms with Crippen LogP contribution in [-0.2, 0) is 4.74 Å². The summed E-state index contributed by atoms with van der Waals surface area (Å²) in [6, 6.07) is 15.0. The number of nitrogens with zero attached hydrogens (tertiary/aromatic N) is 4. The number of benzene rings is 2. The summed E-state index contributed by atoms with van der Waals surface area (Å²) < 4.78 is 12.6. The number of nitrogens with one attached hydrogen (secondary N) is 1. The molecule has 3 heterocycles. The molecule has 1 fully saturated rings. The van der Waals surface area contributed by atoms with E-state index in [2.05, 4.69) is 15.4 Å². The Morgan fingerprint density at radius 1 is 1.22 bits per heavy atom. The van der Waals surface area contributed by atoms with E-state index >= 15 is 0 Å². The molecule has 5 rings (SSSR count). The first kappa shape index (κ1) is 20.5. The molecule has 2 aromatic heterocycles. The van der Waals surface area contributed by atoms with Gasteiger partial charge in [-0.15, -0.1) is 5.10 Å². The molecule has 8 nitrogen and oxygen atoms in total. The number of fused-ring (bicyclic) bond motifs is 1. The molecule has 0 aliphatic carbocycles. The van der Waals surface area contributed by atoms with Crippen molar-refractivity contribution in [3.05, 3.63) is 53.6 Å². The number of anilines is 2. The van der Waals surface area contributed by atoms with E-state index in [1.54, 1.807) is 11.8 Å². The van der Waals surface area contributed by atoms with Crippen molar-refractivity contribution in [2.24, 2.45) is 0 Å². The highest BCUT2D eigenvalue weighted by atomic mass is 35.5. The van der Waals surface area contributed by atoms with Crippen LogP contribution in [0, 0.1) is 0 Å². The average Bonchev–Trinajstić information content (AvgIpc) is 3.45. The molecule has 0 spiro atoms. The van der Waals surface area contributed by atoms with Crippen molar-refractivity contribution in [3.63, 3.8) is 0 Å². The topological polar surface area (TPSA) is 100 Å². The van der Waals surface area contributed by atoms with Crippen molar-refractivity contribution in [3.8, 4) is 22.7 Å². The maximum Gasteiger partial charge on any atom is 0.225 e. The molecule has 1 aliphatic heterocycles. The predicted octanol–water partition coefficient (Wildman–Crippen LogP) is 4.32. The van der Waals surface area contributed by atoms with Crippen molar-refractivity contribution in [1.82, 2.24) is 19.7 Å². The number of rotatable bonds is 6. The van der Waals surface area contributed by atoms with Crippen molar-refractivity contribution in [1.29, 1.82) is 0 Å². The van der Waals surface area contributed by atoms with Gasteiger partial charge in [0.25, 0.3) is 0 Å². The summed E-state index contributed by atoms with van der Waals surface area (Å²) in [4.78, 5) is 9.42. The van der Waals surface area contributed by atoms with Gasteiger partial charge >= 0.3 is 0 Å². The fourth-order valence-electron chi connectivity index (χ4n) is 3.87. The van der Waals surface area contributed by atoms with E-state index in [1.807, 2.05) is 48.5 Å². The minimum absolute atomic E-state index is 0.158. The Morgan fingerprint density at radius 2 is 2.06 bits per heavy atom. The van der Waals surface area contributed by atoms with Crippen LogP contribution in [0.1, 0.15) is 12.8 Å². The Morgan fingerprint density at radius 3 is 2.78 bits per heavy atom. The Balaban J connectivity index is 1.62. The summed E-state index contributed by atoms with van der Waals surface area (Å²) in [5.41, 5.74) is 9.36. The van der Waals surface area contributed by atoms with Crippen LogP contribution in [0.5, 0.6) is 5.75 Å². The Bertz CT molecular complexity index is 1250. The highest BCUT2D eigenvalue weighted by molar-refractivity contribution is 6.30. The minimum atomic E-state index is 0.158. The summed E-state index contributed by atoms with van der Waals surface area (Å²) >= 11 is 6.26. The molecule has 0 bridgehead atoms. The second kappa shape index (κ2) is 8.64. The van der Waals surface area contributed by atoms with Crippen molar-refractivity contribution < 1.29 is 9.47 Å². The zero-order valence-electron chi connectivity index (χ0n) is 17.6. The van der Waals surface area contributed by atoms with E-state index in [0.29, 0.717) is 40.1 Å². The summed E-state index contributed by atoms with van der Waals surface area (Å²) in [5, 5.41) is 9.27. The van der Waals surface area contributed by atoms with Gasteiger partial charge < -0.3 is 20.5 Å². The monoisotopic (exact) mass is 450 g/mol. The first-order valence-corrected chi connectivity index (χ1v) is 10.8. The van der Waals surface area contributed by atoms with E-state index in [4.69, 9.17) is 31.8 Å². The van der Waals surface area contributed by atoms with Crippen LogP contribution in [0.2, 0.25) is 5.02 Å². The molecule has 9 heteroatoms. The average molecular weight is 451 g/mol. The fraction of sp³-hybridized carbons (Fsp3) is 0.261. The van der Waals surface area contributed by atoms with Crippen LogP contribution in [0.25, 0.3) is 28.0 Å². The van der Waals surface area contributed by atoms with Crippen molar-refractivity contribution in [2.45, 2.75) is 18.9 Å². The van der Waals surface area contributed by atoms with E-state index in [1.165, 1.54) is 0 Å². The lowest BCUT2D eigenvalue weighted by Gasteiger charge is -2.12. The molecule has 0 radical (unpaired) electrons. The smallest absolute Gasteiger partial charge is 0.225 e. The molecule has 164 valence electrons. The van der Waals surface area contributed by atoms with Gasteiger partial charge in [0.15, 0.2) is 5.65 Å². The number of aromatic nitrogens is 4. The molecule has 1 aliphatic rings. The number of halogens is 1. The number of hydrogen-bond acceptors (Lipinski definition) is 7. The Kier molecular flexibility index (Phi) is 5.55. The zero-order valence-corrected chi connectivity index (χ0v) is 18.3. The Labute approximate surface area is 190 Å². The molecule has 1 unspecified atom stereocenters. The van der Waals surface area contributed by atoms with Crippen LogP contribution in [0.3, 0.4) is 0 Å². The SMILES string of the molecule is COc1ccc(-n2nc3nc(NCC4CCCO4)nc(-c4cccc(Cl)c4)c3c2N)cc1. The molecule has 3 N–H and O–H groups in total. The van der Waals surface area contributed by atoms with E-state index < -0.39 is 0 Å². The van der Waals surface area contributed by atoms with Crippen molar-refractivity contribution in [2.75, 3.05) is 31.3 Å². The lowest BCUT2D eigenvalue weighted by Crippen LogP contribution is -2.19. The van der Waals surface area contributed by atoms with Gasteiger partial charge in [0.1, 0.15) is 11.6 Å². The summed E-state index contributed by atoms with van der Waals surface area (Å²) in [5.74, 6) is 1.68. The van der Waals surface area contributed by atoms with Gasteiger partial charge in [-0.25, -0.2) is 9.67 Å². The van der Waals surface area contributed by atoms with Crippen LogP contribution in [0.15, 0.2) is 48.5 Å². The largest absolute Gasteiger partial charge is 0.497 e. The van der Waals surface area contributed by atoms with Gasteiger partial charge in [-0.3, -0.25) is 0 Å². The van der Waals surface area contributed by atoms with Gasteiger partial charge in [-0.1, -0.05) is 23.7 Å². The van der Waals surface area contributed by atoms with Gasteiger partial charge in [0.05, 0.1) is 30.0 Å². The molecule has 4 aromatic rings. The summed E-state index contributed by atoms with van der Waals surface area (Å²) in [7, 11) is 1.63. The normalized spacial score (nSPS) is 15.9. The maximum atomic E-state index is 6.56. The quantitative estimate of drug-likeness (QED) is 0.451. The van der Waals surface area contributed by atoms with Gasteiger partial charge in [0.2, 0.25) is 5.95 Å².